The summed E-state index contributed by atoms with van der Waals surface area (Å²) in [6.45, 7) is 2.66. The van der Waals surface area contributed by atoms with Crippen LogP contribution in [0.15, 0.2) is 48.8 Å². The Hall–Kier alpha value is -2.17. The van der Waals surface area contributed by atoms with E-state index in [1.807, 2.05) is 6.20 Å². The van der Waals surface area contributed by atoms with Gasteiger partial charge in [0.15, 0.2) is 0 Å². The number of rotatable bonds is 5. The van der Waals surface area contributed by atoms with Gasteiger partial charge in [0.05, 0.1) is 6.61 Å². The highest BCUT2D eigenvalue weighted by Gasteiger charge is 2.40. The van der Waals surface area contributed by atoms with Gasteiger partial charge in [0.1, 0.15) is 0 Å². The Morgan fingerprint density at radius 2 is 2.08 bits per heavy atom. The van der Waals surface area contributed by atoms with Crippen molar-refractivity contribution in [2.75, 3.05) is 13.7 Å². The second kappa shape index (κ2) is 6.53. The van der Waals surface area contributed by atoms with Crippen molar-refractivity contribution >= 4 is 10.9 Å². The van der Waals surface area contributed by atoms with E-state index in [1.54, 1.807) is 7.11 Å². The molecule has 1 aromatic carbocycles. The molecule has 2 aliphatic heterocycles. The summed E-state index contributed by atoms with van der Waals surface area (Å²) in [6.07, 6.45) is 7.91. The molecule has 2 atom stereocenters. The molecule has 2 aromatic heterocycles. The lowest BCUT2D eigenvalue weighted by atomic mass is 9.97. The first-order valence-corrected chi connectivity index (χ1v) is 9.60. The Kier molecular flexibility index (Phi) is 4.03. The van der Waals surface area contributed by atoms with Crippen LogP contribution in [-0.2, 0) is 24.2 Å². The maximum Gasteiger partial charge on any atom is 0.0641 e. The molecule has 2 unspecified atom stereocenters. The normalized spacial score (nSPS) is 22.0. The molecule has 2 bridgehead atoms. The fourth-order valence-electron chi connectivity index (χ4n) is 4.90. The minimum atomic E-state index is 0.526. The fraction of sp³-hybridized carbons (Fsp3) is 0.409. The average Bonchev–Trinajstić information content (AvgIpc) is 3.16. The highest BCUT2D eigenvalue weighted by molar-refractivity contribution is 5.84. The number of hydrogen-bond donors (Lipinski definition) is 0. The van der Waals surface area contributed by atoms with E-state index in [9.17, 15) is 0 Å². The molecule has 0 saturated carbocycles. The maximum atomic E-state index is 5.30. The van der Waals surface area contributed by atoms with Crippen LogP contribution >= 0.6 is 0 Å². The highest BCUT2D eigenvalue weighted by Crippen LogP contribution is 2.44. The zero-order chi connectivity index (χ0) is 17.5. The number of benzene rings is 1. The molecule has 0 N–H and O–H groups in total. The quantitative estimate of drug-likeness (QED) is 0.700. The molecule has 4 heteroatoms. The largest absolute Gasteiger partial charge is 0.383 e. The van der Waals surface area contributed by atoms with Crippen LogP contribution < -0.4 is 0 Å². The fourth-order valence-corrected chi connectivity index (χ4v) is 4.90. The molecule has 2 aliphatic rings. The third-order valence-electron chi connectivity index (χ3n) is 6.12. The number of methoxy groups -OCH3 is 1. The van der Waals surface area contributed by atoms with Crippen LogP contribution in [0.2, 0.25) is 0 Å². The number of ether oxygens (including phenoxy) is 1. The van der Waals surface area contributed by atoms with E-state index < -0.39 is 0 Å². The molecule has 3 aromatic rings. The number of aromatic nitrogens is 2. The number of pyridine rings is 1. The summed E-state index contributed by atoms with van der Waals surface area (Å²) in [5.41, 5.74) is 5.51. The summed E-state index contributed by atoms with van der Waals surface area (Å²) in [5.74, 6) is 0. The van der Waals surface area contributed by atoms with Gasteiger partial charge in [-0.25, -0.2) is 0 Å². The third-order valence-corrected chi connectivity index (χ3v) is 6.12. The molecule has 134 valence electrons. The molecular weight excluding hydrogens is 322 g/mol. The van der Waals surface area contributed by atoms with Crippen molar-refractivity contribution in [2.24, 2.45) is 0 Å². The summed E-state index contributed by atoms with van der Waals surface area (Å²) in [7, 11) is 1.77. The van der Waals surface area contributed by atoms with Gasteiger partial charge in [-0.2, -0.15) is 0 Å². The van der Waals surface area contributed by atoms with Crippen molar-refractivity contribution < 1.29 is 4.74 Å². The molecular formula is C22H25N3O. The van der Waals surface area contributed by atoms with Gasteiger partial charge >= 0.3 is 0 Å². The van der Waals surface area contributed by atoms with Crippen LogP contribution in [0.4, 0.5) is 0 Å². The Balaban J connectivity index is 1.49. The second-order valence-electron chi connectivity index (χ2n) is 7.52. The van der Waals surface area contributed by atoms with Crippen LogP contribution in [0.3, 0.4) is 0 Å². The minimum absolute atomic E-state index is 0.526. The van der Waals surface area contributed by atoms with Crippen LogP contribution in [-0.4, -0.2) is 34.2 Å². The highest BCUT2D eigenvalue weighted by atomic mass is 16.5. The predicted molar refractivity (Wildman–Crippen MR) is 103 cm³/mol. The number of nitrogens with zero attached hydrogens (tertiary/aromatic N) is 3. The summed E-state index contributed by atoms with van der Waals surface area (Å²) < 4.78 is 7.64. The molecule has 4 heterocycles. The van der Waals surface area contributed by atoms with Crippen molar-refractivity contribution in [3.05, 3.63) is 65.6 Å². The van der Waals surface area contributed by atoms with Crippen LogP contribution in [0, 0.1) is 0 Å². The number of fused-ring (bicyclic) bond motifs is 5. The summed E-state index contributed by atoms with van der Waals surface area (Å²) in [5, 5.41) is 1.37. The molecule has 0 amide bonds. The van der Waals surface area contributed by atoms with E-state index in [-0.39, 0.29) is 0 Å². The van der Waals surface area contributed by atoms with E-state index in [0.717, 1.165) is 26.1 Å². The number of hydrogen-bond acceptors (Lipinski definition) is 3. The van der Waals surface area contributed by atoms with E-state index in [4.69, 9.17) is 4.74 Å². The molecule has 0 aliphatic carbocycles. The molecule has 0 radical (unpaired) electrons. The van der Waals surface area contributed by atoms with Gasteiger partial charge in [-0.1, -0.05) is 24.3 Å². The first kappa shape index (κ1) is 16.0. The van der Waals surface area contributed by atoms with E-state index in [0.29, 0.717) is 12.1 Å². The molecule has 1 fully saturated rings. The van der Waals surface area contributed by atoms with Gasteiger partial charge in [-0.15, -0.1) is 0 Å². The molecule has 0 spiro atoms. The minimum Gasteiger partial charge on any atom is -0.383 e. The van der Waals surface area contributed by atoms with Crippen LogP contribution in [0.25, 0.3) is 10.9 Å². The summed E-state index contributed by atoms with van der Waals surface area (Å²) in [4.78, 5) is 7.36. The van der Waals surface area contributed by atoms with Gasteiger partial charge in [0.25, 0.3) is 0 Å². The van der Waals surface area contributed by atoms with Gasteiger partial charge in [-0.3, -0.25) is 9.88 Å². The standard InChI is InChI=1S/C22H25N3O/c1-26-12-11-24-14-16(18-5-2-3-7-21(18)24)15-25-17-8-9-22(25)19-6-4-10-23-20(19)13-17/h2-7,10,14,17,22H,8-9,11-13,15H2,1H3. The Labute approximate surface area is 154 Å². The van der Waals surface area contributed by atoms with Crippen LogP contribution in [0.1, 0.15) is 35.7 Å². The Bertz CT molecular complexity index is 932. The van der Waals surface area contributed by atoms with Crippen molar-refractivity contribution in [1.82, 2.24) is 14.5 Å². The molecule has 1 saturated heterocycles. The summed E-state index contributed by atoms with van der Waals surface area (Å²) >= 11 is 0. The van der Waals surface area contributed by atoms with E-state index in [2.05, 4.69) is 57.0 Å². The smallest absolute Gasteiger partial charge is 0.0641 e. The zero-order valence-electron chi connectivity index (χ0n) is 15.3. The van der Waals surface area contributed by atoms with Crippen LogP contribution in [0.5, 0.6) is 0 Å². The zero-order valence-corrected chi connectivity index (χ0v) is 15.3. The van der Waals surface area contributed by atoms with Gasteiger partial charge < -0.3 is 9.30 Å². The van der Waals surface area contributed by atoms with Gasteiger partial charge in [-0.05, 0) is 36.1 Å². The van der Waals surface area contributed by atoms with Gasteiger partial charge in [0.2, 0.25) is 0 Å². The predicted octanol–water partition coefficient (Wildman–Crippen LogP) is 3.94. The number of para-hydroxylation sites is 1. The Morgan fingerprint density at radius 3 is 3.00 bits per heavy atom. The third kappa shape index (κ3) is 2.56. The molecule has 4 nitrogen and oxygen atoms in total. The first-order valence-electron chi connectivity index (χ1n) is 9.60. The lowest BCUT2D eigenvalue weighted by molar-refractivity contribution is 0.167. The van der Waals surface area contributed by atoms with Crippen molar-refractivity contribution in [3.8, 4) is 0 Å². The van der Waals surface area contributed by atoms with Crippen molar-refractivity contribution in [2.45, 2.75) is 44.4 Å². The maximum absolute atomic E-state index is 5.30. The molecule has 5 rings (SSSR count). The second-order valence-corrected chi connectivity index (χ2v) is 7.52. The SMILES string of the molecule is COCCn1cc(CN2C3CCC2c2cccnc2C3)c2ccccc21. The monoisotopic (exact) mass is 347 g/mol. The van der Waals surface area contributed by atoms with Crippen molar-refractivity contribution in [1.29, 1.82) is 0 Å². The van der Waals surface area contributed by atoms with Gasteiger partial charge in [0, 0.05) is 67.7 Å². The lowest BCUT2D eigenvalue weighted by Crippen LogP contribution is -2.37. The lowest BCUT2D eigenvalue weighted by Gasteiger charge is -2.35. The summed E-state index contributed by atoms with van der Waals surface area (Å²) in [6, 6.07) is 14.3. The average molecular weight is 347 g/mol. The Morgan fingerprint density at radius 1 is 1.15 bits per heavy atom. The van der Waals surface area contributed by atoms with E-state index in [1.165, 1.54) is 40.6 Å². The van der Waals surface area contributed by atoms with Crippen molar-refractivity contribution in [3.63, 3.8) is 0 Å². The van der Waals surface area contributed by atoms with E-state index >= 15 is 0 Å². The molecule has 26 heavy (non-hydrogen) atoms. The topological polar surface area (TPSA) is 30.3 Å². The first-order chi connectivity index (χ1) is 12.8.